The van der Waals surface area contributed by atoms with E-state index in [1.165, 1.54) is 12.4 Å². The molecule has 19 heavy (non-hydrogen) atoms. The topological polar surface area (TPSA) is 75.2 Å². The average molecular weight is 262 g/mol. The van der Waals surface area contributed by atoms with Crippen molar-refractivity contribution in [2.45, 2.75) is 38.6 Å². The first kappa shape index (κ1) is 13.5. The molecule has 1 fully saturated rings. The minimum atomic E-state index is -0.374. The molecule has 0 radical (unpaired) electrons. The second kappa shape index (κ2) is 6.26. The standard InChI is InChI=1S/C13H18N4O2/c1-2-4-12(18)17-8-3-5-10(17)13(19)16-11-9-14-6-7-15-11/h6-7,9-10H,2-5,8H2,1H3,(H,15,16,19). The molecule has 1 aliphatic heterocycles. The number of hydrogen-bond acceptors (Lipinski definition) is 4. The summed E-state index contributed by atoms with van der Waals surface area (Å²) in [6, 6.07) is -0.374. The molecule has 102 valence electrons. The molecule has 6 heteroatoms. The van der Waals surface area contributed by atoms with Crippen molar-refractivity contribution in [3.63, 3.8) is 0 Å². The normalized spacial score (nSPS) is 18.4. The number of aromatic nitrogens is 2. The largest absolute Gasteiger partial charge is 0.331 e. The van der Waals surface area contributed by atoms with E-state index in [0.29, 0.717) is 25.2 Å². The molecule has 2 amide bonds. The van der Waals surface area contributed by atoms with Crippen LogP contribution in [0.15, 0.2) is 18.6 Å². The van der Waals surface area contributed by atoms with E-state index in [4.69, 9.17) is 0 Å². The van der Waals surface area contributed by atoms with Gasteiger partial charge in [0.25, 0.3) is 0 Å². The van der Waals surface area contributed by atoms with E-state index in [-0.39, 0.29) is 17.9 Å². The summed E-state index contributed by atoms with van der Waals surface area (Å²) in [5.41, 5.74) is 0. The Morgan fingerprint density at radius 1 is 1.47 bits per heavy atom. The van der Waals surface area contributed by atoms with E-state index in [2.05, 4.69) is 15.3 Å². The summed E-state index contributed by atoms with van der Waals surface area (Å²) < 4.78 is 0. The maximum Gasteiger partial charge on any atom is 0.248 e. The lowest BCUT2D eigenvalue weighted by Crippen LogP contribution is -2.43. The van der Waals surface area contributed by atoms with Gasteiger partial charge in [-0.1, -0.05) is 6.92 Å². The molecule has 2 rings (SSSR count). The number of carbonyl (C=O) groups is 2. The highest BCUT2D eigenvalue weighted by atomic mass is 16.2. The molecule has 1 unspecified atom stereocenters. The molecule has 0 saturated carbocycles. The van der Waals surface area contributed by atoms with Crippen molar-refractivity contribution in [1.82, 2.24) is 14.9 Å². The Bertz CT molecular complexity index is 449. The van der Waals surface area contributed by atoms with Crippen LogP contribution < -0.4 is 5.32 Å². The van der Waals surface area contributed by atoms with Crippen LogP contribution in [-0.4, -0.2) is 39.3 Å². The SMILES string of the molecule is CCCC(=O)N1CCCC1C(=O)Nc1cnccn1. The van der Waals surface area contributed by atoms with Crippen molar-refractivity contribution in [3.8, 4) is 0 Å². The van der Waals surface area contributed by atoms with Gasteiger partial charge in [-0.25, -0.2) is 4.98 Å². The van der Waals surface area contributed by atoms with Gasteiger partial charge < -0.3 is 10.2 Å². The first-order valence-electron chi connectivity index (χ1n) is 6.58. The number of carbonyl (C=O) groups excluding carboxylic acids is 2. The lowest BCUT2D eigenvalue weighted by atomic mass is 10.2. The molecular formula is C13H18N4O2. The molecule has 1 N–H and O–H groups in total. The second-order valence-electron chi connectivity index (χ2n) is 4.58. The highest BCUT2D eigenvalue weighted by Gasteiger charge is 2.33. The quantitative estimate of drug-likeness (QED) is 0.884. The highest BCUT2D eigenvalue weighted by Crippen LogP contribution is 2.20. The minimum absolute atomic E-state index is 0.0549. The van der Waals surface area contributed by atoms with Crippen LogP contribution in [0, 0.1) is 0 Å². The van der Waals surface area contributed by atoms with Crippen LogP contribution in [0.1, 0.15) is 32.6 Å². The zero-order valence-corrected chi connectivity index (χ0v) is 11.0. The van der Waals surface area contributed by atoms with Gasteiger partial charge in [0, 0.05) is 25.4 Å². The van der Waals surface area contributed by atoms with Crippen LogP contribution in [0.25, 0.3) is 0 Å². The predicted octanol–water partition coefficient (Wildman–Crippen LogP) is 1.21. The van der Waals surface area contributed by atoms with Crippen molar-refractivity contribution in [2.24, 2.45) is 0 Å². The van der Waals surface area contributed by atoms with Crippen LogP contribution in [0.4, 0.5) is 5.82 Å². The molecule has 1 atom stereocenters. The Balaban J connectivity index is 2.00. The van der Waals surface area contributed by atoms with Crippen LogP contribution in [0.3, 0.4) is 0 Å². The van der Waals surface area contributed by atoms with E-state index >= 15 is 0 Å². The van der Waals surface area contributed by atoms with Crippen LogP contribution >= 0.6 is 0 Å². The van der Waals surface area contributed by atoms with Gasteiger partial charge in [0.2, 0.25) is 11.8 Å². The van der Waals surface area contributed by atoms with E-state index in [1.54, 1.807) is 11.1 Å². The smallest absolute Gasteiger partial charge is 0.248 e. The summed E-state index contributed by atoms with van der Waals surface area (Å²) in [6.07, 6.45) is 7.43. The summed E-state index contributed by atoms with van der Waals surface area (Å²) in [5.74, 6) is 0.295. The molecular weight excluding hydrogens is 244 g/mol. The van der Waals surface area contributed by atoms with Gasteiger partial charge in [-0.3, -0.25) is 14.6 Å². The van der Waals surface area contributed by atoms with E-state index < -0.39 is 0 Å². The molecule has 0 spiro atoms. The number of amides is 2. The van der Waals surface area contributed by atoms with Crippen molar-refractivity contribution in [2.75, 3.05) is 11.9 Å². The first-order valence-corrected chi connectivity index (χ1v) is 6.58. The van der Waals surface area contributed by atoms with E-state index in [0.717, 1.165) is 12.8 Å². The predicted molar refractivity (Wildman–Crippen MR) is 70.3 cm³/mol. The summed E-state index contributed by atoms with van der Waals surface area (Å²) in [4.78, 5) is 33.7. The average Bonchev–Trinajstić information content (AvgIpc) is 2.89. The highest BCUT2D eigenvalue weighted by molar-refractivity contribution is 5.96. The molecule has 0 aliphatic carbocycles. The van der Waals surface area contributed by atoms with Gasteiger partial charge in [0.1, 0.15) is 6.04 Å². The molecule has 0 bridgehead atoms. The Labute approximate surface area is 112 Å². The Morgan fingerprint density at radius 2 is 2.32 bits per heavy atom. The Hall–Kier alpha value is -1.98. The van der Waals surface area contributed by atoms with Gasteiger partial charge in [0.05, 0.1) is 6.20 Å². The third kappa shape index (κ3) is 3.27. The van der Waals surface area contributed by atoms with Crippen molar-refractivity contribution in [3.05, 3.63) is 18.6 Å². The molecule has 2 heterocycles. The third-order valence-electron chi connectivity index (χ3n) is 3.15. The minimum Gasteiger partial charge on any atom is -0.331 e. The molecule has 6 nitrogen and oxygen atoms in total. The fourth-order valence-electron chi connectivity index (χ4n) is 2.27. The lowest BCUT2D eigenvalue weighted by Gasteiger charge is -2.23. The number of nitrogens with zero attached hydrogens (tertiary/aromatic N) is 3. The fraction of sp³-hybridized carbons (Fsp3) is 0.538. The van der Waals surface area contributed by atoms with Gasteiger partial charge in [-0.2, -0.15) is 0 Å². The van der Waals surface area contributed by atoms with Gasteiger partial charge >= 0.3 is 0 Å². The molecule has 1 saturated heterocycles. The fourth-order valence-corrected chi connectivity index (χ4v) is 2.27. The summed E-state index contributed by atoms with van der Waals surface area (Å²) >= 11 is 0. The second-order valence-corrected chi connectivity index (χ2v) is 4.58. The molecule has 1 aromatic heterocycles. The number of rotatable bonds is 4. The third-order valence-corrected chi connectivity index (χ3v) is 3.15. The van der Waals surface area contributed by atoms with Crippen molar-refractivity contribution in [1.29, 1.82) is 0 Å². The van der Waals surface area contributed by atoms with Crippen molar-refractivity contribution < 1.29 is 9.59 Å². The maximum atomic E-state index is 12.2. The zero-order valence-electron chi connectivity index (χ0n) is 11.0. The van der Waals surface area contributed by atoms with Crippen LogP contribution in [0.2, 0.25) is 0 Å². The summed E-state index contributed by atoms with van der Waals surface area (Å²) in [7, 11) is 0. The zero-order chi connectivity index (χ0) is 13.7. The summed E-state index contributed by atoms with van der Waals surface area (Å²) in [5, 5.41) is 2.70. The monoisotopic (exact) mass is 262 g/mol. The lowest BCUT2D eigenvalue weighted by molar-refractivity contribution is -0.136. The molecule has 0 aromatic carbocycles. The number of likely N-dealkylation sites (tertiary alicyclic amines) is 1. The van der Waals surface area contributed by atoms with Crippen molar-refractivity contribution >= 4 is 17.6 Å². The Morgan fingerprint density at radius 3 is 3.00 bits per heavy atom. The van der Waals surface area contributed by atoms with Gasteiger partial charge in [-0.05, 0) is 19.3 Å². The molecule has 1 aromatic rings. The maximum absolute atomic E-state index is 12.2. The van der Waals surface area contributed by atoms with Crippen LogP contribution in [0.5, 0.6) is 0 Å². The summed E-state index contributed by atoms with van der Waals surface area (Å²) in [6.45, 7) is 2.62. The number of hydrogen-bond donors (Lipinski definition) is 1. The Kier molecular flexibility index (Phi) is 4.43. The number of anilines is 1. The van der Waals surface area contributed by atoms with Crippen LogP contribution in [-0.2, 0) is 9.59 Å². The van der Waals surface area contributed by atoms with Gasteiger partial charge in [0.15, 0.2) is 5.82 Å². The van der Waals surface area contributed by atoms with E-state index in [1.807, 2.05) is 6.92 Å². The first-order chi connectivity index (χ1) is 9.22. The molecule has 1 aliphatic rings. The van der Waals surface area contributed by atoms with Gasteiger partial charge in [-0.15, -0.1) is 0 Å². The van der Waals surface area contributed by atoms with E-state index in [9.17, 15) is 9.59 Å². The number of nitrogens with one attached hydrogen (secondary N) is 1.